The summed E-state index contributed by atoms with van der Waals surface area (Å²) < 4.78 is 3.91. The van der Waals surface area contributed by atoms with E-state index in [1.54, 1.807) is 11.3 Å². The number of thiazole rings is 1. The number of aromatic nitrogens is 4. The molecule has 3 aromatic rings. The second kappa shape index (κ2) is 6.21. The molecule has 136 valence electrons. The molecule has 1 amide bonds. The highest BCUT2D eigenvalue weighted by Crippen LogP contribution is 2.40. The van der Waals surface area contributed by atoms with Gasteiger partial charge in [0, 0.05) is 30.9 Å². The summed E-state index contributed by atoms with van der Waals surface area (Å²) in [7, 11) is 0. The minimum Gasteiger partial charge on any atom is -0.386 e. The summed E-state index contributed by atoms with van der Waals surface area (Å²) >= 11 is 1.57. The maximum Gasteiger partial charge on any atom is 0.229 e. The Morgan fingerprint density at radius 3 is 3.08 bits per heavy atom. The van der Waals surface area contributed by atoms with E-state index in [0.29, 0.717) is 18.9 Å². The normalized spacial score (nSPS) is 18.7. The van der Waals surface area contributed by atoms with E-state index in [9.17, 15) is 9.90 Å². The third-order valence-corrected chi connectivity index (χ3v) is 6.00. The standard InChI is InChI=1S/C18H21N5O2S/c24-16(8-13-10-22-6-7-26-18(22)19-13)21-4-1-5-23-14(11-21)9-15(20-23)17(25)12-2-3-12/h6-7,9-10,12,17,25H,1-5,8,11H2/t17-/m0/s1. The van der Waals surface area contributed by atoms with Gasteiger partial charge in [-0.1, -0.05) is 0 Å². The molecule has 0 radical (unpaired) electrons. The van der Waals surface area contributed by atoms with Crippen molar-refractivity contribution in [1.82, 2.24) is 24.1 Å². The lowest BCUT2D eigenvalue weighted by Crippen LogP contribution is -2.32. The second-order valence-corrected chi connectivity index (χ2v) is 8.11. The van der Waals surface area contributed by atoms with Crippen LogP contribution in [0, 0.1) is 5.92 Å². The van der Waals surface area contributed by atoms with Gasteiger partial charge in [0.25, 0.3) is 0 Å². The first-order valence-corrected chi connectivity index (χ1v) is 9.99. The van der Waals surface area contributed by atoms with Crippen molar-refractivity contribution in [3.8, 4) is 0 Å². The van der Waals surface area contributed by atoms with Gasteiger partial charge < -0.3 is 10.0 Å². The van der Waals surface area contributed by atoms with Gasteiger partial charge >= 0.3 is 0 Å². The molecule has 0 bridgehead atoms. The molecule has 1 saturated carbocycles. The largest absolute Gasteiger partial charge is 0.386 e. The van der Waals surface area contributed by atoms with Gasteiger partial charge in [-0.3, -0.25) is 13.9 Å². The van der Waals surface area contributed by atoms with Gasteiger partial charge in [-0.25, -0.2) is 4.98 Å². The number of hydrogen-bond acceptors (Lipinski definition) is 5. The predicted molar refractivity (Wildman–Crippen MR) is 96.7 cm³/mol. The van der Waals surface area contributed by atoms with Crippen molar-refractivity contribution in [2.45, 2.75) is 44.9 Å². The zero-order chi connectivity index (χ0) is 17.7. The lowest BCUT2D eigenvalue weighted by atomic mass is 10.1. The lowest BCUT2D eigenvalue weighted by Gasteiger charge is -2.19. The topological polar surface area (TPSA) is 75.7 Å². The fraction of sp³-hybridized carbons (Fsp3) is 0.500. The number of carbonyl (C=O) groups excluding carboxylic acids is 1. The average molecular weight is 371 g/mol. The highest BCUT2D eigenvalue weighted by molar-refractivity contribution is 7.15. The maximum absolute atomic E-state index is 12.8. The van der Waals surface area contributed by atoms with Crippen LogP contribution >= 0.6 is 11.3 Å². The van der Waals surface area contributed by atoms with Gasteiger partial charge in [0.05, 0.1) is 30.0 Å². The highest BCUT2D eigenvalue weighted by Gasteiger charge is 2.33. The summed E-state index contributed by atoms with van der Waals surface area (Å²) in [5, 5.41) is 16.9. The van der Waals surface area contributed by atoms with Crippen molar-refractivity contribution in [2.24, 2.45) is 5.92 Å². The monoisotopic (exact) mass is 371 g/mol. The minimum absolute atomic E-state index is 0.0923. The van der Waals surface area contributed by atoms with Crippen LogP contribution in [0.5, 0.6) is 0 Å². The number of aryl methyl sites for hydroxylation is 1. The number of imidazole rings is 1. The fourth-order valence-electron chi connectivity index (χ4n) is 3.62. The van der Waals surface area contributed by atoms with Crippen molar-refractivity contribution in [1.29, 1.82) is 0 Å². The van der Waals surface area contributed by atoms with E-state index < -0.39 is 6.10 Å². The van der Waals surface area contributed by atoms with Crippen LogP contribution in [0.2, 0.25) is 0 Å². The molecule has 0 aromatic carbocycles. The molecular weight excluding hydrogens is 350 g/mol. The molecule has 0 unspecified atom stereocenters. The molecule has 1 fully saturated rings. The Labute approximate surface area is 154 Å². The Bertz CT molecular complexity index is 926. The molecular formula is C18H21N5O2S. The quantitative estimate of drug-likeness (QED) is 0.761. The molecule has 5 rings (SSSR count). The summed E-state index contributed by atoms with van der Waals surface area (Å²) in [6.45, 7) is 2.06. The van der Waals surface area contributed by atoms with Gasteiger partial charge in [-0.2, -0.15) is 5.10 Å². The molecule has 1 aliphatic carbocycles. The summed E-state index contributed by atoms with van der Waals surface area (Å²) in [5.74, 6) is 0.455. The minimum atomic E-state index is -0.461. The smallest absolute Gasteiger partial charge is 0.229 e. The summed E-state index contributed by atoms with van der Waals surface area (Å²) in [6.07, 6.45) is 6.77. The summed E-state index contributed by atoms with van der Waals surface area (Å²) in [6, 6.07) is 1.97. The fourth-order valence-corrected chi connectivity index (χ4v) is 4.34. The molecule has 8 heteroatoms. The van der Waals surface area contributed by atoms with Crippen molar-refractivity contribution < 1.29 is 9.90 Å². The highest BCUT2D eigenvalue weighted by atomic mass is 32.1. The van der Waals surface area contributed by atoms with E-state index in [-0.39, 0.29) is 5.91 Å². The van der Waals surface area contributed by atoms with Crippen LogP contribution in [0.25, 0.3) is 4.96 Å². The first-order valence-electron chi connectivity index (χ1n) is 9.11. The number of aliphatic hydroxyl groups is 1. The zero-order valence-electron chi connectivity index (χ0n) is 14.4. The molecule has 2 aliphatic rings. The molecule has 0 spiro atoms. The van der Waals surface area contributed by atoms with Crippen molar-refractivity contribution in [3.05, 3.63) is 40.9 Å². The molecule has 0 saturated heterocycles. The lowest BCUT2D eigenvalue weighted by molar-refractivity contribution is -0.131. The number of rotatable bonds is 4. The predicted octanol–water partition coefficient (Wildman–Crippen LogP) is 2.01. The Hall–Kier alpha value is -2.19. The Morgan fingerprint density at radius 1 is 1.38 bits per heavy atom. The van der Waals surface area contributed by atoms with Crippen LogP contribution in [0.4, 0.5) is 0 Å². The van der Waals surface area contributed by atoms with Gasteiger partial charge in [0.1, 0.15) is 6.10 Å². The third-order valence-electron chi connectivity index (χ3n) is 5.23. The van der Waals surface area contributed by atoms with Crippen LogP contribution in [-0.4, -0.2) is 41.6 Å². The van der Waals surface area contributed by atoms with Crippen LogP contribution in [-0.2, 0) is 24.3 Å². The summed E-state index contributed by atoms with van der Waals surface area (Å²) in [5.41, 5.74) is 2.58. The first-order chi connectivity index (χ1) is 12.7. The van der Waals surface area contributed by atoms with Crippen molar-refractivity contribution >= 4 is 22.2 Å². The molecule has 1 aliphatic heterocycles. The van der Waals surface area contributed by atoms with Crippen LogP contribution in [0.3, 0.4) is 0 Å². The molecule has 4 heterocycles. The first kappa shape index (κ1) is 16.0. The van der Waals surface area contributed by atoms with Crippen LogP contribution in [0.15, 0.2) is 23.8 Å². The third kappa shape index (κ3) is 2.93. The van der Waals surface area contributed by atoms with E-state index in [2.05, 4.69) is 10.1 Å². The molecule has 26 heavy (non-hydrogen) atoms. The van der Waals surface area contributed by atoms with E-state index in [4.69, 9.17) is 0 Å². The molecule has 3 aromatic heterocycles. The van der Waals surface area contributed by atoms with Crippen LogP contribution in [0.1, 0.15) is 42.4 Å². The second-order valence-electron chi connectivity index (χ2n) is 7.24. The van der Waals surface area contributed by atoms with Gasteiger partial charge in [0.15, 0.2) is 4.96 Å². The van der Waals surface area contributed by atoms with Gasteiger partial charge in [-0.15, -0.1) is 11.3 Å². The number of fused-ring (bicyclic) bond motifs is 2. The summed E-state index contributed by atoms with van der Waals surface area (Å²) in [4.78, 5) is 20.1. The van der Waals surface area contributed by atoms with Crippen LogP contribution < -0.4 is 0 Å². The maximum atomic E-state index is 12.8. The Kier molecular flexibility index (Phi) is 3.82. The Balaban J connectivity index is 1.31. The van der Waals surface area contributed by atoms with E-state index >= 15 is 0 Å². The van der Waals surface area contributed by atoms with E-state index in [0.717, 1.165) is 54.4 Å². The van der Waals surface area contributed by atoms with Crippen molar-refractivity contribution in [3.63, 3.8) is 0 Å². The number of amides is 1. The number of aliphatic hydroxyl groups excluding tert-OH is 1. The molecule has 1 N–H and O–H groups in total. The Morgan fingerprint density at radius 2 is 2.27 bits per heavy atom. The van der Waals surface area contributed by atoms with Gasteiger partial charge in [-0.05, 0) is 31.2 Å². The molecule has 7 nitrogen and oxygen atoms in total. The average Bonchev–Trinajstić information content (AvgIpc) is 3.17. The van der Waals surface area contributed by atoms with Crippen molar-refractivity contribution in [2.75, 3.05) is 6.54 Å². The number of hydrogen-bond donors (Lipinski definition) is 1. The zero-order valence-corrected chi connectivity index (χ0v) is 15.2. The number of nitrogens with zero attached hydrogens (tertiary/aromatic N) is 5. The van der Waals surface area contributed by atoms with E-state index in [1.807, 2.05) is 37.8 Å². The number of carbonyl (C=O) groups is 1. The van der Waals surface area contributed by atoms with Gasteiger partial charge in [0.2, 0.25) is 5.91 Å². The molecule has 1 atom stereocenters. The van der Waals surface area contributed by atoms with E-state index in [1.165, 1.54) is 0 Å². The SMILES string of the molecule is O=C(Cc1cn2ccsc2n1)N1CCCn2nc([C@@H](O)C3CC3)cc2C1.